The number of allylic oxidation sites excluding steroid dienone is 20. The summed E-state index contributed by atoms with van der Waals surface area (Å²) in [4.78, 5) is 36.0. The molecule has 0 saturated carbocycles. The van der Waals surface area contributed by atoms with Gasteiger partial charge >= 0.3 is 19.8 Å². The van der Waals surface area contributed by atoms with Gasteiger partial charge in [-0.15, -0.1) is 0 Å². The number of ether oxygens (including phenoxy) is 2. The summed E-state index contributed by atoms with van der Waals surface area (Å²) < 4.78 is 34.9. The third kappa shape index (κ3) is 87.3. The lowest BCUT2D eigenvalue weighted by atomic mass is 10.0. The van der Waals surface area contributed by atoms with Crippen molar-refractivity contribution in [2.45, 2.75) is 418 Å². The maximum absolute atomic E-state index is 12.9. The lowest BCUT2D eigenvalue weighted by Gasteiger charge is -2.24. The van der Waals surface area contributed by atoms with Crippen LogP contribution < -0.4 is 0 Å². The summed E-state index contributed by atoms with van der Waals surface area (Å²) in [7, 11) is 1.47. The van der Waals surface area contributed by atoms with Gasteiger partial charge in [-0.2, -0.15) is 0 Å². The number of hydrogen-bond acceptors (Lipinski definition) is 7. The van der Waals surface area contributed by atoms with E-state index in [0.717, 1.165) is 109 Å². The predicted molar refractivity (Wildman–Crippen MR) is 454 cm³/mol. The lowest BCUT2D eigenvalue weighted by molar-refractivity contribution is -0.870. The molecule has 0 heterocycles. The van der Waals surface area contributed by atoms with Crippen LogP contribution in [0.2, 0.25) is 0 Å². The number of nitrogens with zero attached hydrogens (tertiary/aromatic N) is 1. The largest absolute Gasteiger partial charge is 0.472 e. The Balaban J connectivity index is 3.94. The van der Waals surface area contributed by atoms with Gasteiger partial charge in [0.1, 0.15) is 19.8 Å². The molecule has 0 radical (unpaired) electrons. The van der Waals surface area contributed by atoms with Crippen LogP contribution in [0, 0.1) is 0 Å². The standard InChI is InChI=1S/C94H168NO8P/c1-6-8-10-12-14-16-18-20-22-24-26-28-30-32-34-36-38-40-42-44-46-47-49-50-52-54-56-58-60-62-64-66-68-70-72-74-76-78-80-82-84-86-93(96)100-90-92(91-102-104(98,99)101-89-88-95(3,4)5)103-94(97)87-85-83-81-79-77-75-73-71-69-67-65-63-61-59-57-55-53-51-48-45-43-41-39-37-35-33-31-29-27-25-23-21-19-17-15-13-11-9-7-2/h9,11,15,17,21,23,27,29,33,35,39,41,45,48,53,55,59,61,65,67,92H,6-8,10,12-14,16,18-20,22,24-26,28,30-32,34,36-38,40,42-44,46-47,49-52,54,56-58,60,62-64,66,68-91H2,1-5H3/p+1/b11-9-,17-15-,23-21-,29-27-,35-33-,41-39-,48-45-,55-53-,61-59-,67-65-. The van der Waals surface area contributed by atoms with E-state index in [1.54, 1.807) is 0 Å². The minimum atomic E-state index is -4.41. The van der Waals surface area contributed by atoms with E-state index in [4.69, 9.17) is 18.5 Å². The predicted octanol–water partition coefficient (Wildman–Crippen LogP) is 30.1. The smallest absolute Gasteiger partial charge is 0.462 e. The van der Waals surface area contributed by atoms with Crippen molar-refractivity contribution < 1.29 is 42.1 Å². The Kier molecular flexibility index (Phi) is 80.6. The van der Waals surface area contributed by atoms with Crippen molar-refractivity contribution in [2.75, 3.05) is 47.5 Å². The number of esters is 2. The van der Waals surface area contributed by atoms with Gasteiger partial charge in [0.05, 0.1) is 27.7 Å². The van der Waals surface area contributed by atoms with Crippen molar-refractivity contribution in [3.63, 3.8) is 0 Å². The number of phosphoric acid groups is 1. The van der Waals surface area contributed by atoms with E-state index in [9.17, 15) is 19.0 Å². The molecular weight excluding hydrogens is 1300 g/mol. The number of likely N-dealkylation sites (N-methyl/N-ethyl adjacent to an activating group) is 1. The quantitative estimate of drug-likeness (QED) is 0.0211. The molecular formula is C94H169NO8P+. The zero-order valence-corrected chi connectivity index (χ0v) is 69.9. The van der Waals surface area contributed by atoms with Crippen LogP contribution >= 0.6 is 7.82 Å². The molecule has 1 N–H and O–H groups in total. The highest BCUT2D eigenvalue weighted by Gasteiger charge is 2.27. The van der Waals surface area contributed by atoms with E-state index in [1.165, 1.54) is 270 Å². The average Bonchev–Trinajstić information content (AvgIpc) is 0.915. The van der Waals surface area contributed by atoms with Crippen LogP contribution in [-0.2, 0) is 32.7 Å². The van der Waals surface area contributed by atoms with Crippen molar-refractivity contribution in [1.82, 2.24) is 0 Å². The summed E-state index contributed by atoms with van der Waals surface area (Å²) >= 11 is 0. The SMILES string of the molecule is CC/C=C\C/C=C\C/C=C\C/C=C\C/C=C\C/C=C\C/C=C\C/C=C\C/C=C\C/C=C\CCCCCCCCCCC(=O)OC(COC(=O)CCCCCCCCCCCCCCCCCCCCCCCCCCCCCCCCCCCCCCCCCCC)COP(=O)(O)OCC[N+](C)(C)C. The highest BCUT2D eigenvalue weighted by molar-refractivity contribution is 7.47. The summed E-state index contributed by atoms with van der Waals surface area (Å²) in [6.45, 7) is 4.36. The molecule has 0 aromatic heterocycles. The monoisotopic (exact) mass is 1470 g/mol. The van der Waals surface area contributed by atoms with Crippen LogP contribution in [0.25, 0.3) is 0 Å². The van der Waals surface area contributed by atoms with Crippen LogP contribution in [0.15, 0.2) is 122 Å². The van der Waals surface area contributed by atoms with Gasteiger partial charge in [0, 0.05) is 12.8 Å². The zero-order valence-electron chi connectivity index (χ0n) is 69.0. The highest BCUT2D eigenvalue weighted by Crippen LogP contribution is 2.43. The first-order valence-corrected chi connectivity index (χ1v) is 45.8. The summed E-state index contributed by atoms with van der Waals surface area (Å²) in [5.41, 5.74) is 0. The third-order valence-electron chi connectivity index (χ3n) is 19.5. The fourth-order valence-corrected chi connectivity index (χ4v) is 13.6. The third-order valence-corrected chi connectivity index (χ3v) is 20.5. The van der Waals surface area contributed by atoms with E-state index >= 15 is 0 Å². The van der Waals surface area contributed by atoms with E-state index in [2.05, 4.69) is 135 Å². The first kappa shape index (κ1) is 100. The fraction of sp³-hybridized carbons (Fsp3) is 0.766. The van der Waals surface area contributed by atoms with Crippen LogP contribution in [0.3, 0.4) is 0 Å². The van der Waals surface area contributed by atoms with Crippen LogP contribution in [-0.4, -0.2) is 74.9 Å². The summed E-state index contributed by atoms with van der Waals surface area (Å²) in [6.07, 6.45) is 121. The Hall–Kier alpha value is -3.59. The molecule has 0 aliphatic rings. The molecule has 10 heteroatoms. The Morgan fingerprint density at radius 2 is 0.548 bits per heavy atom. The molecule has 2 atom stereocenters. The van der Waals surface area contributed by atoms with Crippen LogP contribution in [0.4, 0.5) is 0 Å². The van der Waals surface area contributed by atoms with E-state index in [1.807, 2.05) is 21.1 Å². The fourth-order valence-electron chi connectivity index (χ4n) is 12.8. The number of quaternary nitrogens is 1. The van der Waals surface area contributed by atoms with Crippen molar-refractivity contribution in [3.8, 4) is 0 Å². The molecule has 0 saturated heterocycles. The molecule has 104 heavy (non-hydrogen) atoms. The Labute approximate surface area is 645 Å². The molecule has 602 valence electrons. The number of hydrogen-bond donors (Lipinski definition) is 1. The van der Waals surface area contributed by atoms with Gasteiger partial charge in [0.15, 0.2) is 6.10 Å². The van der Waals surface area contributed by atoms with Crippen molar-refractivity contribution in [2.24, 2.45) is 0 Å². The molecule has 0 aromatic rings. The van der Waals surface area contributed by atoms with E-state index in [0.29, 0.717) is 17.4 Å². The second kappa shape index (κ2) is 83.4. The molecule has 0 aliphatic carbocycles. The maximum atomic E-state index is 12.9. The van der Waals surface area contributed by atoms with Gasteiger partial charge in [-0.05, 0) is 89.9 Å². The van der Waals surface area contributed by atoms with Gasteiger partial charge in [0.25, 0.3) is 0 Å². The summed E-state index contributed by atoms with van der Waals surface area (Å²) in [5.74, 6) is -0.796. The van der Waals surface area contributed by atoms with Crippen molar-refractivity contribution >= 4 is 19.8 Å². The Bertz CT molecular complexity index is 2180. The maximum Gasteiger partial charge on any atom is 0.472 e. The van der Waals surface area contributed by atoms with Crippen LogP contribution in [0.1, 0.15) is 412 Å². The molecule has 0 amide bonds. The Morgan fingerprint density at radius 1 is 0.308 bits per heavy atom. The topological polar surface area (TPSA) is 108 Å². The number of unbranched alkanes of at least 4 members (excludes halogenated alkanes) is 48. The normalized spacial score (nSPS) is 13.6. The summed E-state index contributed by atoms with van der Waals surface area (Å²) in [5, 5.41) is 0. The Morgan fingerprint density at radius 3 is 0.817 bits per heavy atom. The van der Waals surface area contributed by atoms with Gasteiger partial charge in [-0.3, -0.25) is 18.6 Å². The number of phosphoric ester groups is 1. The average molecular weight is 1470 g/mol. The van der Waals surface area contributed by atoms with Crippen molar-refractivity contribution in [1.29, 1.82) is 0 Å². The second-order valence-corrected chi connectivity index (χ2v) is 32.4. The minimum Gasteiger partial charge on any atom is -0.462 e. The van der Waals surface area contributed by atoms with Crippen molar-refractivity contribution in [3.05, 3.63) is 122 Å². The molecule has 0 aliphatic heterocycles. The number of carbonyl (C=O) groups is 2. The minimum absolute atomic E-state index is 0.0265. The van der Waals surface area contributed by atoms with Gasteiger partial charge in [0.2, 0.25) is 0 Å². The second-order valence-electron chi connectivity index (χ2n) is 30.9. The van der Waals surface area contributed by atoms with Gasteiger partial charge < -0.3 is 18.9 Å². The van der Waals surface area contributed by atoms with Gasteiger partial charge in [-0.25, -0.2) is 4.57 Å². The number of carbonyl (C=O) groups excluding carboxylic acids is 2. The van der Waals surface area contributed by atoms with E-state index in [-0.39, 0.29) is 32.0 Å². The molecule has 0 aromatic carbocycles. The molecule has 9 nitrogen and oxygen atoms in total. The first-order chi connectivity index (χ1) is 51.0. The molecule has 2 unspecified atom stereocenters. The molecule has 0 fully saturated rings. The number of rotatable bonds is 82. The molecule has 0 rings (SSSR count). The van der Waals surface area contributed by atoms with Crippen LogP contribution in [0.5, 0.6) is 0 Å². The van der Waals surface area contributed by atoms with E-state index < -0.39 is 26.5 Å². The molecule has 0 spiro atoms. The highest BCUT2D eigenvalue weighted by atomic mass is 31.2. The lowest BCUT2D eigenvalue weighted by Crippen LogP contribution is -2.37. The first-order valence-electron chi connectivity index (χ1n) is 44.3. The summed E-state index contributed by atoms with van der Waals surface area (Å²) in [6, 6.07) is 0. The molecule has 0 bridgehead atoms. The zero-order chi connectivity index (χ0) is 75.4. The van der Waals surface area contributed by atoms with Gasteiger partial charge in [-0.1, -0.05) is 431 Å².